The summed E-state index contributed by atoms with van der Waals surface area (Å²) in [5.74, 6) is 0.0207. The van der Waals surface area contributed by atoms with Crippen LogP contribution in [0.25, 0.3) is 22.3 Å². The van der Waals surface area contributed by atoms with Crippen LogP contribution in [0.15, 0.2) is 12.7 Å². The molecule has 55 heavy (non-hydrogen) atoms. The number of nitrogen functional groups attached to an aromatic ring is 2. The summed E-state index contributed by atoms with van der Waals surface area (Å²) in [6.07, 6.45) is -7.88. The number of nitrogens with two attached hydrogens (primary N) is 2. The summed E-state index contributed by atoms with van der Waals surface area (Å²) >= 11 is 10.1. The molecule has 2 fully saturated rings. The molecule has 288 valence electrons. The number of nitrogens with zero attached hydrogens (tertiary/aromatic N) is 6. The standard InChI is InChI=1S/C10H16N5O13P3S.C10H13N5O4S.3Na/c11-10-13-7-4(8(32)14-10)12-2-15(7)9-6(17)5(16)3(26-9)1-25-30(21,22)28-31(23,24)27-29(18,19)20;11-10-13-7-4(8(20)14-10)12-2-15(7)9-6(18)5(17)3(1-16)19-9;;;/h2-3,5-6,9,16-17H,1H2,(H,21,22)(H,23,24)(H2,18,19,20)(H3,11,13,14,32);2-3,5-6,9,16-18H,1H2,(H3,11,13,14,20);;;/q;;3*+1/p-3/t2*3-,5+,6?,9-;;;/m11.../s1. The average Bonchev–Trinajstić information content (AvgIpc) is 3.76. The van der Waals surface area contributed by atoms with E-state index in [0.717, 1.165) is 0 Å². The fraction of sp³-hybridized carbons (Fsp3) is 0.500. The zero-order valence-corrected chi connectivity index (χ0v) is 38.7. The molecule has 0 aromatic carbocycles. The molecule has 6 rings (SSSR count). The van der Waals surface area contributed by atoms with Gasteiger partial charge in [0.2, 0.25) is 0 Å². The molecule has 0 spiro atoms. The summed E-state index contributed by atoms with van der Waals surface area (Å²) in [7, 11) is -17.8. The van der Waals surface area contributed by atoms with E-state index >= 15 is 0 Å². The Bertz CT molecular complexity index is 2230. The van der Waals surface area contributed by atoms with Crippen LogP contribution in [0.5, 0.6) is 0 Å². The molecular formula is C20H26N10Na3O17P3S2. The number of aliphatic hydroxyl groups excluding tert-OH is 5. The number of aromatic nitrogens is 8. The number of rotatable bonds is 10. The second kappa shape index (κ2) is 20.2. The van der Waals surface area contributed by atoms with Gasteiger partial charge in [0, 0.05) is 0 Å². The van der Waals surface area contributed by atoms with Gasteiger partial charge in [-0.3, -0.25) is 22.8 Å². The van der Waals surface area contributed by atoms with Gasteiger partial charge in [0.1, 0.15) is 59.0 Å². The van der Waals surface area contributed by atoms with Crippen LogP contribution in [0, 0.1) is 9.28 Å². The Hall–Kier alpha value is 0.270. The fourth-order valence-corrected chi connectivity index (χ4v) is 8.34. The molecule has 12 N–H and O–H groups in total. The minimum atomic E-state index is -6.09. The van der Waals surface area contributed by atoms with Gasteiger partial charge in [-0.1, -0.05) is 24.4 Å². The number of phosphoric acid groups is 3. The third-order valence-electron chi connectivity index (χ3n) is 7.13. The van der Waals surface area contributed by atoms with Crippen molar-refractivity contribution in [3.8, 4) is 0 Å². The molecule has 6 heterocycles. The molecule has 0 amide bonds. The van der Waals surface area contributed by atoms with Crippen molar-refractivity contribution in [3.63, 3.8) is 0 Å². The summed E-state index contributed by atoms with van der Waals surface area (Å²) in [5, 5.41) is 49.3. The van der Waals surface area contributed by atoms with Gasteiger partial charge >= 0.3 is 88.7 Å². The molecular weight excluding hydrogens is 878 g/mol. The molecule has 11 atom stereocenters. The minimum absolute atomic E-state index is 0. The van der Waals surface area contributed by atoms with E-state index in [1.165, 1.54) is 21.8 Å². The monoisotopic (exact) mass is 904 g/mol. The van der Waals surface area contributed by atoms with Crippen molar-refractivity contribution >= 4 is 82.1 Å². The second-order valence-corrected chi connectivity index (χ2v) is 15.7. The van der Waals surface area contributed by atoms with Gasteiger partial charge in [-0.15, -0.1) is 0 Å². The van der Waals surface area contributed by atoms with Crippen LogP contribution >= 0.6 is 47.9 Å². The SMILES string of the molecule is Nc1nc(=S)c2ncn([C@@H]3O[C@H](CO)[C@H](O)C3O)c2[nH]1.Nc1nc(=S)c2ncn([C@@H]3O[C@H](COP(=O)([O-])OP(=O)([O-])OP(=O)([O-])O)[C@H](O)C3O)c2[nH]1.[Na+].[Na+].[Na+]. The van der Waals surface area contributed by atoms with Crippen molar-refractivity contribution in [3.05, 3.63) is 21.9 Å². The molecule has 0 saturated carbocycles. The van der Waals surface area contributed by atoms with Crippen LogP contribution in [0.2, 0.25) is 0 Å². The molecule has 4 aromatic rings. The maximum absolute atomic E-state index is 11.6. The van der Waals surface area contributed by atoms with Gasteiger partial charge < -0.3 is 80.5 Å². The first-order chi connectivity index (χ1) is 24.1. The van der Waals surface area contributed by atoms with Gasteiger partial charge in [-0.2, -0.15) is 0 Å². The number of phosphoric ester groups is 1. The molecule has 2 saturated heterocycles. The molecule has 27 nitrogen and oxygen atoms in total. The predicted octanol–water partition coefficient (Wildman–Crippen LogP) is -13.2. The van der Waals surface area contributed by atoms with Gasteiger partial charge in [0.25, 0.3) is 23.5 Å². The van der Waals surface area contributed by atoms with E-state index < -0.39 is 85.8 Å². The van der Waals surface area contributed by atoms with E-state index in [4.69, 9.17) is 55.4 Å². The maximum Gasteiger partial charge on any atom is 1.00 e. The zero-order valence-electron chi connectivity index (χ0n) is 28.4. The Morgan fingerprint density at radius 3 is 1.58 bits per heavy atom. The number of nitrogens with one attached hydrogen (secondary N) is 2. The third kappa shape index (κ3) is 12.2. The van der Waals surface area contributed by atoms with Crippen LogP contribution in [0.3, 0.4) is 0 Å². The van der Waals surface area contributed by atoms with Crippen LogP contribution < -0.4 is 115 Å². The van der Waals surface area contributed by atoms with Crippen LogP contribution in [-0.4, -0.2) is 119 Å². The van der Waals surface area contributed by atoms with E-state index in [2.05, 4.69) is 43.0 Å². The number of imidazole rings is 2. The Labute approximate surface area is 383 Å². The Morgan fingerprint density at radius 2 is 1.18 bits per heavy atom. The number of hydrogen-bond acceptors (Lipinski definition) is 24. The van der Waals surface area contributed by atoms with E-state index in [1.54, 1.807) is 0 Å². The summed E-state index contributed by atoms with van der Waals surface area (Å²) in [6.45, 7) is -1.48. The maximum atomic E-state index is 11.6. The first-order valence-corrected chi connectivity index (χ1v) is 19.2. The average molecular weight is 905 g/mol. The van der Waals surface area contributed by atoms with E-state index in [9.17, 15) is 48.8 Å². The summed E-state index contributed by atoms with van der Waals surface area (Å²) in [4.78, 5) is 62.8. The van der Waals surface area contributed by atoms with Crippen LogP contribution in [0.4, 0.5) is 11.9 Å². The van der Waals surface area contributed by atoms with Crippen LogP contribution in [-0.2, 0) is 36.3 Å². The largest absolute Gasteiger partial charge is 1.00 e. The van der Waals surface area contributed by atoms with E-state index in [-0.39, 0.29) is 121 Å². The smallest absolute Gasteiger partial charge is 0.756 e. The van der Waals surface area contributed by atoms with Crippen molar-refractivity contribution in [2.24, 2.45) is 0 Å². The normalized spacial score (nSPS) is 28.1. The van der Waals surface area contributed by atoms with Crippen molar-refractivity contribution in [2.75, 3.05) is 24.7 Å². The van der Waals surface area contributed by atoms with E-state index in [0.29, 0.717) is 11.2 Å². The zero-order chi connectivity index (χ0) is 38.5. The Morgan fingerprint density at radius 1 is 0.764 bits per heavy atom. The molecule has 4 aromatic heterocycles. The molecule has 2 aliphatic heterocycles. The molecule has 2 aliphatic rings. The number of fused-ring (bicyclic) bond motifs is 2. The minimum Gasteiger partial charge on any atom is -0.756 e. The quantitative estimate of drug-likeness (QED) is 0.0401. The molecule has 0 aliphatic carbocycles. The van der Waals surface area contributed by atoms with Crippen molar-refractivity contribution < 1.29 is 170 Å². The summed E-state index contributed by atoms with van der Waals surface area (Å²) < 4.78 is 57.8. The number of hydrogen-bond donors (Lipinski definition) is 10. The predicted molar refractivity (Wildman–Crippen MR) is 166 cm³/mol. The van der Waals surface area contributed by atoms with Crippen molar-refractivity contribution in [1.29, 1.82) is 0 Å². The first-order valence-electron chi connectivity index (χ1n) is 13.9. The Balaban J connectivity index is 0.000000393. The second-order valence-electron chi connectivity index (χ2n) is 10.6. The number of H-pyrrole nitrogens is 2. The number of aliphatic hydroxyl groups is 5. The molecule has 0 radical (unpaired) electrons. The fourth-order valence-electron chi connectivity index (χ4n) is 4.95. The third-order valence-corrected chi connectivity index (χ3v) is 11.4. The molecule has 0 bridgehead atoms. The topological polar surface area (TPSA) is 433 Å². The Kier molecular flexibility index (Phi) is 18.9. The number of anilines is 2. The van der Waals surface area contributed by atoms with Crippen LogP contribution in [0.1, 0.15) is 12.5 Å². The van der Waals surface area contributed by atoms with Gasteiger partial charge in [0.05, 0.1) is 25.9 Å². The number of aromatic amines is 2. The van der Waals surface area contributed by atoms with E-state index in [1.807, 2.05) is 0 Å². The number of ether oxygens (including phenoxy) is 2. The molecule has 5 unspecified atom stereocenters. The van der Waals surface area contributed by atoms with Crippen molar-refractivity contribution in [2.45, 2.75) is 49.1 Å². The summed E-state index contributed by atoms with van der Waals surface area (Å²) in [5.41, 5.74) is 12.4. The van der Waals surface area contributed by atoms with Gasteiger partial charge in [-0.25, -0.2) is 28.6 Å². The summed E-state index contributed by atoms with van der Waals surface area (Å²) in [6, 6.07) is 0. The van der Waals surface area contributed by atoms with Crippen molar-refractivity contribution in [1.82, 2.24) is 39.0 Å². The van der Waals surface area contributed by atoms with Gasteiger partial charge in [0.15, 0.2) is 33.6 Å². The molecule has 35 heteroatoms. The first kappa shape index (κ1) is 51.4. The van der Waals surface area contributed by atoms with Gasteiger partial charge in [-0.05, 0) is 0 Å².